The van der Waals surface area contributed by atoms with E-state index in [-0.39, 0.29) is 5.75 Å². The third-order valence-electron chi connectivity index (χ3n) is 3.43. The molecule has 0 radical (unpaired) electrons. The number of aryl methyl sites for hydroxylation is 1. The highest BCUT2D eigenvalue weighted by molar-refractivity contribution is 7.99. The maximum Gasteiger partial charge on any atom is 0.313 e. The van der Waals surface area contributed by atoms with Crippen molar-refractivity contribution in [2.24, 2.45) is 0 Å². The Bertz CT molecular complexity index is 929. The number of thioether (sulfide) groups is 1. The maximum atomic E-state index is 10.6. The second-order valence-electron chi connectivity index (χ2n) is 5.45. The van der Waals surface area contributed by atoms with Crippen LogP contribution in [0.2, 0.25) is 0 Å². The second-order valence-corrected chi connectivity index (χ2v) is 6.39. The number of hydrogen-bond acceptors (Lipinski definition) is 6. The van der Waals surface area contributed by atoms with E-state index in [1.165, 1.54) is 0 Å². The topological polar surface area (TPSA) is 125 Å². The Kier molecular flexibility index (Phi) is 5.52. The lowest BCUT2D eigenvalue weighted by Crippen LogP contribution is -2.73. The molecule has 8 nitrogen and oxygen atoms in total. The molecule has 0 aliphatic carbocycles. The molecule has 0 amide bonds. The highest BCUT2D eigenvalue weighted by Gasteiger charge is 2.14. The quantitative estimate of drug-likeness (QED) is 0.284. The molecule has 3 aromatic rings. The minimum absolute atomic E-state index is 0.115. The van der Waals surface area contributed by atoms with Crippen molar-refractivity contribution >= 4 is 23.4 Å². The van der Waals surface area contributed by atoms with Crippen LogP contribution in [0.3, 0.4) is 0 Å². The first-order valence-corrected chi connectivity index (χ1v) is 8.67. The predicted molar refractivity (Wildman–Crippen MR) is 94.8 cm³/mol. The predicted octanol–water partition coefficient (Wildman–Crippen LogP) is 2.33. The number of quaternary nitrogens is 1. The van der Waals surface area contributed by atoms with Gasteiger partial charge in [0, 0.05) is 11.6 Å². The van der Waals surface area contributed by atoms with Crippen LogP contribution in [-0.2, 0) is 4.79 Å². The lowest BCUT2D eigenvalue weighted by atomic mass is 10.1. The van der Waals surface area contributed by atoms with Gasteiger partial charge in [-0.05, 0) is 36.8 Å². The van der Waals surface area contributed by atoms with Crippen LogP contribution in [0.1, 0.15) is 5.56 Å². The van der Waals surface area contributed by atoms with Gasteiger partial charge in [-0.25, -0.2) is 10.2 Å². The Morgan fingerprint density at radius 3 is 2.88 bits per heavy atom. The SMILES string of the molecule is Cc1cccc(Oc2ccc(-c3nc(SCC(=O)O)n[nH]3)cc2[NH2+]O)c1. The molecule has 9 heteroatoms. The summed E-state index contributed by atoms with van der Waals surface area (Å²) in [5, 5.41) is 25.3. The lowest BCUT2D eigenvalue weighted by Gasteiger charge is -2.09. The zero-order chi connectivity index (χ0) is 18.5. The zero-order valence-electron chi connectivity index (χ0n) is 13.8. The number of H-pyrrole nitrogens is 1. The van der Waals surface area contributed by atoms with Crippen molar-refractivity contribution < 1.29 is 25.3 Å². The van der Waals surface area contributed by atoms with Gasteiger partial charge in [-0.3, -0.25) is 9.89 Å². The summed E-state index contributed by atoms with van der Waals surface area (Å²) in [6.45, 7) is 1.97. The summed E-state index contributed by atoms with van der Waals surface area (Å²) in [5.41, 5.74) is 3.21. The van der Waals surface area contributed by atoms with Crippen molar-refractivity contribution in [3.8, 4) is 22.9 Å². The van der Waals surface area contributed by atoms with Crippen LogP contribution in [0.25, 0.3) is 11.4 Å². The monoisotopic (exact) mass is 373 g/mol. The smallest absolute Gasteiger partial charge is 0.313 e. The maximum absolute atomic E-state index is 10.6. The average molecular weight is 373 g/mol. The van der Waals surface area contributed by atoms with Gasteiger partial charge in [0.25, 0.3) is 0 Å². The van der Waals surface area contributed by atoms with Crippen molar-refractivity contribution in [1.29, 1.82) is 0 Å². The fourth-order valence-corrected chi connectivity index (χ4v) is 2.78. The minimum Gasteiger partial charge on any atom is -0.481 e. The number of aromatic amines is 1. The van der Waals surface area contributed by atoms with Crippen LogP contribution in [0.15, 0.2) is 47.6 Å². The van der Waals surface area contributed by atoms with E-state index in [1.54, 1.807) is 18.2 Å². The molecule has 1 aromatic heterocycles. The molecular formula is C17H17N4O4S+. The second kappa shape index (κ2) is 8.00. The fraction of sp³-hybridized carbons (Fsp3) is 0.118. The van der Waals surface area contributed by atoms with Gasteiger partial charge in [-0.15, -0.1) is 5.10 Å². The largest absolute Gasteiger partial charge is 0.481 e. The van der Waals surface area contributed by atoms with Gasteiger partial charge >= 0.3 is 5.97 Å². The number of benzene rings is 2. The lowest BCUT2D eigenvalue weighted by molar-refractivity contribution is -0.825. The van der Waals surface area contributed by atoms with E-state index in [0.717, 1.165) is 22.8 Å². The molecule has 5 N–H and O–H groups in total. The number of carboxylic acid groups (broad SMARTS) is 1. The highest BCUT2D eigenvalue weighted by Crippen LogP contribution is 2.31. The molecule has 26 heavy (non-hydrogen) atoms. The van der Waals surface area contributed by atoms with Crippen molar-refractivity contribution in [2.45, 2.75) is 12.1 Å². The van der Waals surface area contributed by atoms with E-state index in [0.29, 0.717) is 33.7 Å². The molecule has 0 unspecified atom stereocenters. The van der Waals surface area contributed by atoms with Gasteiger partial charge in [-0.2, -0.15) is 5.48 Å². The van der Waals surface area contributed by atoms with Gasteiger partial charge in [0.1, 0.15) is 5.75 Å². The van der Waals surface area contributed by atoms with E-state index < -0.39 is 5.97 Å². The highest BCUT2D eigenvalue weighted by atomic mass is 32.2. The molecule has 0 saturated heterocycles. The Morgan fingerprint density at radius 2 is 2.15 bits per heavy atom. The number of ether oxygens (including phenoxy) is 1. The Balaban J connectivity index is 1.81. The first-order chi connectivity index (χ1) is 12.5. The van der Waals surface area contributed by atoms with E-state index in [9.17, 15) is 10.0 Å². The summed E-state index contributed by atoms with van der Waals surface area (Å²) < 4.78 is 5.84. The minimum atomic E-state index is -0.934. The molecule has 0 aliphatic rings. The Labute approximate surface area is 153 Å². The molecule has 0 fully saturated rings. The molecule has 0 aliphatic heterocycles. The van der Waals surface area contributed by atoms with Crippen LogP contribution in [0.5, 0.6) is 11.5 Å². The standard InChI is InChI=1S/C17H16N4O4S/c1-10-3-2-4-12(7-10)25-14-6-5-11(8-13(14)21-24)16-18-17(20-19-16)26-9-15(22)23/h2-8,21,24H,9H2,1H3,(H,22,23)(H,18,19,20)/p+1. The van der Waals surface area contributed by atoms with Crippen LogP contribution in [0, 0.1) is 6.92 Å². The molecule has 2 aromatic carbocycles. The number of nitrogens with one attached hydrogen (secondary N) is 1. The first-order valence-electron chi connectivity index (χ1n) is 7.68. The first kappa shape index (κ1) is 17.9. The Morgan fingerprint density at radius 1 is 1.31 bits per heavy atom. The zero-order valence-corrected chi connectivity index (χ0v) is 14.7. The van der Waals surface area contributed by atoms with Gasteiger partial charge in [0.2, 0.25) is 10.8 Å². The molecule has 134 valence electrons. The molecule has 0 saturated carbocycles. The number of nitrogens with zero attached hydrogens (tertiary/aromatic N) is 2. The third kappa shape index (κ3) is 4.39. The molecule has 0 bridgehead atoms. The van der Waals surface area contributed by atoms with E-state index in [4.69, 9.17) is 9.84 Å². The van der Waals surface area contributed by atoms with Crippen LogP contribution in [0.4, 0.5) is 5.69 Å². The van der Waals surface area contributed by atoms with Crippen LogP contribution in [-0.4, -0.2) is 37.2 Å². The summed E-state index contributed by atoms with van der Waals surface area (Å²) in [7, 11) is 0. The summed E-state index contributed by atoms with van der Waals surface area (Å²) in [4.78, 5) is 14.9. The fourth-order valence-electron chi connectivity index (χ4n) is 2.26. The van der Waals surface area contributed by atoms with E-state index in [1.807, 2.05) is 31.2 Å². The third-order valence-corrected chi connectivity index (χ3v) is 4.26. The van der Waals surface area contributed by atoms with Gasteiger partial charge in [-0.1, -0.05) is 23.9 Å². The summed E-state index contributed by atoms with van der Waals surface area (Å²) in [6, 6.07) is 12.8. The van der Waals surface area contributed by atoms with Crippen molar-refractivity contribution in [2.75, 3.05) is 5.75 Å². The molecule has 3 rings (SSSR count). The molecule has 0 spiro atoms. The number of nitrogens with two attached hydrogens (primary N) is 1. The van der Waals surface area contributed by atoms with Gasteiger partial charge < -0.3 is 9.84 Å². The number of aromatic nitrogens is 3. The van der Waals surface area contributed by atoms with E-state index in [2.05, 4.69) is 15.2 Å². The summed E-state index contributed by atoms with van der Waals surface area (Å²) in [5.74, 6) is 0.602. The van der Waals surface area contributed by atoms with Crippen LogP contribution < -0.4 is 10.2 Å². The number of rotatable bonds is 7. The van der Waals surface area contributed by atoms with Gasteiger partial charge in [0.15, 0.2) is 11.6 Å². The summed E-state index contributed by atoms with van der Waals surface area (Å²) in [6.07, 6.45) is 0. The number of hydrogen-bond donors (Lipinski definition) is 4. The number of carboxylic acids is 1. The van der Waals surface area contributed by atoms with Gasteiger partial charge in [0.05, 0.1) is 5.75 Å². The normalized spacial score (nSPS) is 10.7. The average Bonchev–Trinajstić information content (AvgIpc) is 3.09. The Hall–Kier alpha value is -2.88. The molecule has 1 heterocycles. The van der Waals surface area contributed by atoms with Crippen LogP contribution >= 0.6 is 11.8 Å². The van der Waals surface area contributed by atoms with E-state index >= 15 is 0 Å². The number of carbonyl (C=O) groups is 1. The van der Waals surface area contributed by atoms with Crippen molar-refractivity contribution in [3.63, 3.8) is 0 Å². The van der Waals surface area contributed by atoms with Crippen molar-refractivity contribution in [3.05, 3.63) is 48.0 Å². The summed E-state index contributed by atoms with van der Waals surface area (Å²) >= 11 is 1.03. The molecular weight excluding hydrogens is 356 g/mol. The molecule has 0 atom stereocenters. The van der Waals surface area contributed by atoms with Crippen molar-refractivity contribution in [1.82, 2.24) is 15.2 Å². The number of aliphatic carboxylic acids is 1.